The van der Waals surface area contributed by atoms with Crippen LogP contribution >= 0.6 is 23.1 Å². The fourth-order valence-corrected chi connectivity index (χ4v) is 5.20. The lowest BCUT2D eigenvalue weighted by Gasteiger charge is -2.21. The van der Waals surface area contributed by atoms with Crippen molar-refractivity contribution in [3.63, 3.8) is 0 Å². The Bertz CT molecular complexity index is 1120. The number of sulfonamides is 1. The number of nitrogens with zero attached hydrogens (tertiary/aromatic N) is 3. The van der Waals surface area contributed by atoms with E-state index >= 15 is 0 Å². The first-order chi connectivity index (χ1) is 15.3. The van der Waals surface area contributed by atoms with Crippen LogP contribution in [0.1, 0.15) is 18.9 Å². The Morgan fingerprint density at radius 1 is 1.12 bits per heavy atom. The average Bonchev–Trinajstić information content (AvgIpc) is 3.22. The second-order valence-corrected chi connectivity index (χ2v) is 11.0. The van der Waals surface area contributed by atoms with Gasteiger partial charge in [0.05, 0.1) is 11.9 Å². The SMILES string of the molecule is CCCSc1nnc(NC(=O)CN(c2ccc(OCc3ccccc3)cc2)S(C)(=O)=O)s1. The maximum absolute atomic E-state index is 12.5. The van der Waals surface area contributed by atoms with Crippen molar-refractivity contribution in [2.24, 2.45) is 0 Å². The predicted molar refractivity (Wildman–Crippen MR) is 129 cm³/mol. The molecule has 8 nitrogen and oxygen atoms in total. The van der Waals surface area contributed by atoms with E-state index < -0.39 is 15.9 Å². The number of benzene rings is 2. The maximum Gasteiger partial charge on any atom is 0.246 e. The molecule has 2 aromatic carbocycles. The van der Waals surface area contributed by atoms with E-state index in [0.29, 0.717) is 23.2 Å². The molecule has 0 saturated carbocycles. The van der Waals surface area contributed by atoms with Gasteiger partial charge in [0, 0.05) is 5.75 Å². The highest BCUT2D eigenvalue weighted by Crippen LogP contribution is 2.26. The number of aromatic nitrogens is 2. The number of nitrogens with one attached hydrogen (secondary N) is 1. The summed E-state index contributed by atoms with van der Waals surface area (Å²) in [5.41, 5.74) is 1.39. The van der Waals surface area contributed by atoms with E-state index in [2.05, 4.69) is 22.4 Å². The monoisotopic (exact) mass is 492 g/mol. The molecule has 1 amide bonds. The lowest BCUT2D eigenvalue weighted by molar-refractivity contribution is -0.114. The molecule has 0 aliphatic rings. The summed E-state index contributed by atoms with van der Waals surface area (Å²) in [4.78, 5) is 12.5. The van der Waals surface area contributed by atoms with Crippen LogP contribution in [-0.4, -0.2) is 43.1 Å². The topological polar surface area (TPSA) is 101 Å². The summed E-state index contributed by atoms with van der Waals surface area (Å²) in [5, 5.41) is 10.9. The van der Waals surface area contributed by atoms with Gasteiger partial charge in [0.15, 0.2) is 4.34 Å². The van der Waals surface area contributed by atoms with Crippen molar-refractivity contribution < 1.29 is 17.9 Å². The third-order valence-electron chi connectivity index (χ3n) is 4.14. The summed E-state index contributed by atoms with van der Waals surface area (Å²) in [6.45, 7) is 2.09. The van der Waals surface area contributed by atoms with Crippen LogP contribution in [0.2, 0.25) is 0 Å². The second kappa shape index (κ2) is 11.3. The molecule has 0 aliphatic heterocycles. The zero-order chi connectivity index (χ0) is 23.0. The number of rotatable bonds is 11. The maximum atomic E-state index is 12.5. The van der Waals surface area contributed by atoms with Crippen molar-refractivity contribution in [2.75, 3.05) is 28.2 Å². The number of hydrogen-bond acceptors (Lipinski definition) is 8. The second-order valence-electron chi connectivity index (χ2n) is 6.81. The molecule has 0 unspecified atom stereocenters. The van der Waals surface area contributed by atoms with E-state index in [-0.39, 0.29) is 6.54 Å². The van der Waals surface area contributed by atoms with Crippen LogP contribution in [0.3, 0.4) is 0 Å². The minimum atomic E-state index is -3.69. The number of carbonyl (C=O) groups is 1. The van der Waals surface area contributed by atoms with Crippen LogP contribution in [0, 0.1) is 0 Å². The van der Waals surface area contributed by atoms with Gasteiger partial charge in [0.2, 0.25) is 21.1 Å². The third kappa shape index (κ3) is 7.21. The zero-order valence-corrected chi connectivity index (χ0v) is 20.2. The highest BCUT2D eigenvalue weighted by molar-refractivity contribution is 8.01. The van der Waals surface area contributed by atoms with Gasteiger partial charge in [0.25, 0.3) is 0 Å². The largest absolute Gasteiger partial charge is 0.489 e. The summed E-state index contributed by atoms with van der Waals surface area (Å²) >= 11 is 2.82. The van der Waals surface area contributed by atoms with Crippen molar-refractivity contribution in [2.45, 2.75) is 24.3 Å². The summed E-state index contributed by atoms with van der Waals surface area (Å²) in [6.07, 6.45) is 2.07. The molecule has 0 bridgehead atoms. The average molecular weight is 493 g/mol. The van der Waals surface area contributed by atoms with E-state index in [1.807, 2.05) is 30.3 Å². The van der Waals surface area contributed by atoms with E-state index in [4.69, 9.17) is 4.74 Å². The Balaban J connectivity index is 1.63. The van der Waals surface area contributed by atoms with Crippen molar-refractivity contribution in [3.8, 4) is 5.75 Å². The number of hydrogen-bond donors (Lipinski definition) is 1. The van der Waals surface area contributed by atoms with Crippen LogP contribution in [0.15, 0.2) is 58.9 Å². The van der Waals surface area contributed by atoms with Crippen LogP contribution < -0.4 is 14.4 Å². The summed E-state index contributed by atoms with van der Waals surface area (Å²) in [6, 6.07) is 16.3. The Hall–Kier alpha value is -2.63. The molecule has 1 aromatic heterocycles. The van der Waals surface area contributed by atoms with Crippen molar-refractivity contribution in [1.29, 1.82) is 0 Å². The van der Waals surface area contributed by atoms with Gasteiger partial charge in [0.1, 0.15) is 18.9 Å². The standard InChI is InChI=1S/C21H24N4O4S3/c1-3-13-30-21-24-23-20(31-21)22-19(26)14-25(32(2,27)28)17-9-11-18(12-10-17)29-15-16-7-5-4-6-8-16/h4-12H,3,13-15H2,1-2H3,(H,22,23,26). The Kier molecular flexibility index (Phi) is 8.48. The first-order valence-electron chi connectivity index (χ1n) is 9.86. The van der Waals surface area contributed by atoms with Gasteiger partial charge in [-0.1, -0.05) is 60.4 Å². The Morgan fingerprint density at radius 2 is 1.84 bits per heavy atom. The van der Waals surface area contributed by atoms with Gasteiger partial charge in [-0.05, 0) is 36.2 Å². The Labute approximate surface area is 196 Å². The molecule has 0 fully saturated rings. The predicted octanol–water partition coefficient (Wildman–Crippen LogP) is 4.02. The number of thioether (sulfide) groups is 1. The van der Waals surface area contributed by atoms with Gasteiger partial charge < -0.3 is 4.74 Å². The van der Waals surface area contributed by atoms with E-state index in [1.54, 1.807) is 36.0 Å². The first kappa shape index (κ1) is 24.0. The summed E-state index contributed by atoms with van der Waals surface area (Å²) in [5.74, 6) is 1.01. The van der Waals surface area contributed by atoms with Crippen LogP contribution in [0.25, 0.3) is 0 Å². The van der Waals surface area contributed by atoms with Gasteiger partial charge in [-0.2, -0.15) is 0 Å². The molecule has 1 N–H and O–H groups in total. The lowest BCUT2D eigenvalue weighted by Crippen LogP contribution is -2.37. The Morgan fingerprint density at radius 3 is 2.50 bits per heavy atom. The minimum absolute atomic E-state index is 0.340. The van der Waals surface area contributed by atoms with E-state index in [9.17, 15) is 13.2 Å². The van der Waals surface area contributed by atoms with E-state index in [0.717, 1.165) is 32.6 Å². The van der Waals surface area contributed by atoms with Crippen molar-refractivity contribution in [1.82, 2.24) is 10.2 Å². The fourth-order valence-electron chi connectivity index (χ4n) is 2.65. The number of carbonyl (C=O) groups excluding carboxylic acids is 1. The van der Waals surface area contributed by atoms with Gasteiger partial charge in [-0.3, -0.25) is 14.4 Å². The van der Waals surface area contributed by atoms with Crippen molar-refractivity contribution >= 4 is 49.8 Å². The molecule has 0 spiro atoms. The molecule has 0 aliphatic carbocycles. The minimum Gasteiger partial charge on any atom is -0.489 e. The number of ether oxygens (including phenoxy) is 1. The van der Waals surface area contributed by atoms with Gasteiger partial charge in [-0.25, -0.2) is 8.42 Å². The van der Waals surface area contributed by atoms with Crippen molar-refractivity contribution in [3.05, 3.63) is 60.2 Å². The molecule has 0 atom stereocenters. The molecule has 3 aromatic rings. The van der Waals surface area contributed by atoms with Crippen LogP contribution in [-0.2, 0) is 21.4 Å². The van der Waals surface area contributed by atoms with Crippen LogP contribution in [0.5, 0.6) is 5.75 Å². The van der Waals surface area contributed by atoms with Gasteiger partial charge >= 0.3 is 0 Å². The molecule has 3 rings (SSSR count). The molecule has 0 radical (unpaired) electrons. The summed E-state index contributed by atoms with van der Waals surface area (Å²) < 4.78 is 32.2. The summed E-state index contributed by atoms with van der Waals surface area (Å²) in [7, 11) is -3.69. The number of anilines is 2. The normalized spacial score (nSPS) is 11.2. The highest BCUT2D eigenvalue weighted by atomic mass is 32.2. The lowest BCUT2D eigenvalue weighted by atomic mass is 10.2. The third-order valence-corrected chi connectivity index (χ3v) is 7.46. The number of amides is 1. The van der Waals surface area contributed by atoms with Crippen LogP contribution in [0.4, 0.5) is 10.8 Å². The molecule has 1 heterocycles. The molecular formula is C21H24N4O4S3. The van der Waals surface area contributed by atoms with Gasteiger partial charge in [-0.15, -0.1) is 10.2 Å². The first-order valence-corrected chi connectivity index (χ1v) is 13.5. The fraction of sp³-hybridized carbons (Fsp3) is 0.286. The smallest absolute Gasteiger partial charge is 0.246 e. The quantitative estimate of drug-likeness (QED) is 0.319. The molecule has 170 valence electrons. The van der Waals surface area contributed by atoms with E-state index in [1.165, 1.54) is 11.3 Å². The molecular weight excluding hydrogens is 468 g/mol. The highest BCUT2D eigenvalue weighted by Gasteiger charge is 2.22. The molecule has 0 saturated heterocycles. The zero-order valence-electron chi connectivity index (χ0n) is 17.7. The molecule has 32 heavy (non-hydrogen) atoms. The molecule has 11 heteroatoms.